The van der Waals surface area contributed by atoms with E-state index < -0.39 is 17.7 Å². The van der Waals surface area contributed by atoms with Crippen LogP contribution in [0.4, 0.5) is 5.13 Å². The van der Waals surface area contributed by atoms with Crippen LogP contribution in [-0.2, 0) is 9.59 Å². The number of hydrogen-bond acceptors (Lipinski definition) is 7. The molecule has 7 nitrogen and oxygen atoms in total. The number of anilines is 1. The summed E-state index contributed by atoms with van der Waals surface area (Å²) < 4.78 is 11.8. The van der Waals surface area contributed by atoms with E-state index in [0.717, 1.165) is 21.3 Å². The molecule has 1 aliphatic rings. The molecule has 0 radical (unpaired) electrons. The van der Waals surface area contributed by atoms with Crippen molar-refractivity contribution in [1.29, 1.82) is 0 Å². The van der Waals surface area contributed by atoms with Gasteiger partial charge in [0.25, 0.3) is 5.78 Å². The molecule has 0 unspecified atom stereocenters. The molecule has 1 saturated heterocycles. The zero-order valence-corrected chi connectivity index (χ0v) is 21.8. The number of hydrogen-bond donors (Lipinski definition) is 1. The highest BCUT2D eigenvalue weighted by molar-refractivity contribution is 7.22. The summed E-state index contributed by atoms with van der Waals surface area (Å²) >= 11 is 1.35. The Morgan fingerprint density at radius 2 is 1.81 bits per heavy atom. The molecule has 0 aliphatic carbocycles. The molecule has 0 spiro atoms. The van der Waals surface area contributed by atoms with E-state index >= 15 is 0 Å². The van der Waals surface area contributed by atoms with Gasteiger partial charge in [-0.05, 0) is 67.8 Å². The van der Waals surface area contributed by atoms with Crippen molar-refractivity contribution in [1.82, 2.24) is 4.98 Å². The second-order valence-corrected chi connectivity index (χ2v) is 9.84. The predicted molar refractivity (Wildman–Crippen MR) is 144 cm³/mol. The number of fused-ring (bicyclic) bond motifs is 1. The van der Waals surface area contributed by atoms with Crippen LogP contribution in [-0.4, -0.2) is 35.5 Å². The third kappa shape index (κ3) is 4.34. The third-order valence-electron chi connectivity index (χ3n) is 6.32. The number of aryl methyl sites for hydroxylation is 2. The summed E-state index contributed by atoms with van der Waals surface area (Å²) in [5.74, 6) is -0.593. The molecule has 1 aromatic heterocycles. The molecule has 1 fully saturated rings. The number of ketones is 1. The first-order valence-corrected chi connectivity index (χ1v) is 12.7. The zero-order chi connectivity index (χ0) is 26.3. The smallest absolute Gasteiger partial charge is 0.301 e. The maximum absolute atomic E-state index is 13.5. The summed E-state index contributed by atoms with van der Waals surface area (Å²) in [6.45, 7) is 6.39. The Hall–Kier alpha value is -4.17. The van der Waals surface area contributed by atoms with Crippen LogP contribution in [0.3, 0.4) is 0 Å². The maximum Gasteiger partial charge on any atom is 0.301 e. The van der Waals surface area contributed by atoms with Gasteiger partial charge in [0.15, 0.2) is 5.13 Å². The lowest BCUT2D eigenvalue weighted by atomic mass is 9.95. The first kappa shape index (κ1) is 24.5. The summed E-state index contributed by atoms with van der Waals surface area (Å²) in [6.07, 6.45) is 0. The molecule has 4 aromatic rings. The number of aliphatic hydroxyl groups is 1. The molecule has 3 aromatic carbocycles. The molecule has 1 atom stereocenters. The normalized spacial score (nSPS) is 17.0. The molecular weight excluding hydrogens is 488 g/mol. The minimum Gasteiger partial charge on any atom is -0.507 e. The number of carbonyl (C=O) groups is 2. The van der Waals surface area contributed by atoms with Gasteiger partial charge in [-0.15, -0.1) is 0 Å². The van der Waals surface area contributed by atoms with Crippen molar-refractivity contribution in [2.45, 2.75) is 26.8 Å². The van der Waals surface area contributed by atoms with Crippen LogP contribution in [0.5, 0.6) is 11.5 Å². The van der Waals surface area contributed by atoms with Gasteiger partial charge in [0.1, 0.15) is 17.3 Å². The first-order chi connectivity index (χ1) is 17.8. The number of carbonyl (C=O) groups excluding carboxylic acids is 2. The highest BCUT2D eigenvalue weighted by atomic mass is 32.1. The lowest BCUT2D eigenvalue weighted by Crippen LogP contribution is -2.29. The first-order valence-electron chi connectivity index (χ1n) is 11.9. The topological polar surface area (TPSA) is 89.0 Å². The Bertz CT molecular complexity index is 1550. The summed E-state index contributed by atoms with van der Waals surface area (Å²) in [6, 6.07) is 17.1. The average molecular weight is 515 g/mol. The van der Waals surface area contributed by atoms with E-state index in [9.17, 15) is 14.7 Å². The van der Waals surface area contributed by atoms with Crippen molar-refractivity contribution >= 4 is 44.1 Å². The van der Waals surface area contributed by atoms with Crippen LogP contribution >= 0.6 is 11.3 Å². The van der Waals surface area contributed by atoms with E-state index in [4.69, 9.17) is 14.5 Å². The number of aromatic nitrogens is 1. The summed E-state index contributed by atoms with van der Waals surface area (Å²) in [5, 5.41) is 11.8. The number of rotatable bonds is 6. The van der Waals surface area contributed by atoms with Crippen molar-refractivity contribution in [3.63, 3.8) is 0 Å². The van der Waals surface area contributed by atoms with E-state index in [2.05, 4.69) is 0 Å². The fourth-order valence-electron chi connectivity index (χ4n) is 4.65. The van der Waals surface area contributed by atoms with E-state index in [1.807, 2.05) is 32.9 Å². The molecule has 0 bridgehead atoms. The van der Waals surface area contributed by atoms with Gasteiger partial charge in [0.2, 0.25) is 0 Å². The van der Waals surface area contributed by atoms with Crippen LogP contribution in [0, 0.1) is 13.8 Å². The molecule has 8 heteroatoms. The predicted octanol–water partition coefficient (Wildman–Crippen LogP) is 5.95. The highest BCUT2D eigenvalue weighted by Gasteiger charge is 2.48. The van der Waals surface area contributed by atoms with Crippen molar-refractivity contribution in [3.8, 4) is 11.5 Å². The van der Waals surface area contributed by atoms with Crippen molar-refractivity contribution in [2.75, 3.05) is 18.6 Å². The van der Waals surface area contributed by atoms with Gasteiger partial charge in [-0.2, -0.15) is 0 Å². The zero-order valence-electron chi connectivity index (χ0n) is 20.9. The molecule has 1 aliphatic heterocycles. The van der Waals surface area contributed by atoms with Crippen molar-refractivity contribution in [2.24, 2.45) is 0 Å². The second-order valence-electron chi connectivity index (χ2n) is 8.83. The lowest BCUT2D eigenvalue weighted by molar-refractivity contribution is -0.132. The third-order valence-corrected chi connectivity index (χ3v) is 7.32. The number of methoxy groups -OCH3 is 1. The van der Waals surface area contributed by atoms with Gasteiger partial charge in [-0.25, -0.2) is 4.98 Å². The number of nitrogens with zero attached hydrogens (tertiary/aromatic N) is 2. The highest BCUT2D eigenvalue weighted by Crippen LogP contribution is 2.45. The maximum atomic E-state index is 13.5. The van der Waals surface area contributed by atoms with Gasteiger partial charge in [-0.1, -0.05) is 41.7 Å². The molecule has 5 rings (SSSR count). The Kier molecular flexibility index (Phi) is 6.43. The Morgan fingerprint density at radius 3 is 2.51 bits per heavy atom. The Balaban J connectivity index is 1.72. The lowest BCUT2D eigenvalue weighted by Gasteiger charge is -2.23. The van der Waals surface area contributed by atoms with Crippen LogP contribution in [0.2, 0.25) is 0 Å². The molecule has 188 valence electrons. The van der Waals surface area contributed by atoms with E-state index in [0.29, 0.717) is 34.4 Å². The van der Waals surface area contributed by atoms with Gasteiger partial charge < -0.3 is 14.6 Å². The number of aliphatic hydroxyl groups excluding tert-OH is 1. The van der Waals surface area contributed by atoms with Crippen LogP contribution in [0.1, 0.15) is 35.2 Å². The fraction of sp³-hybridized carbons (Fsp3) is 0.207. The number of Topliss-reactive ketones (excluding diaryl/α,β-unsaturated/α-hetero) is 1. The number of amides is 1. The Labute approximate surface area is 218 Å². The second kappa shape index (κ2) is 9.71. The summed E-state index contributed by atoms with van der Waals surface area (Å²) in [7, 11) is 1.52. The minimum atomic E-state index is -0.871. The SMILES string of the molecule is CCOc1ccc([C@H]2/C(=C(\O)c3cccc(OC)c3)C(=O)C(=O)N2c2nc3c(C)cc(C)cc3s2)cc1. The number of benzene rings is 3. The molecule has 1 amide bonds. The summed E-state index contributed by atoms with van der Waals surface area (Å²) in [4.78, 5) is 33.1. The average Bonchev–Trinajstić information content (AvgIpc) is 3.43. The minimum absolute atomic E-state index is 0.00503. The standard InChI is InChI=1S/C29H26N2O5S/c1-5-36-20-11-9-18(10-12-20)25-23(26(32)19-7-6-8-21(15-19)35-4)27(33)28(34)31(25)29-30-24-17(3)13-16(2)14-22(24)37-29/h6-15,25,32H,5H2,1-4H3/b26-23+/t25-/m0/s1. The van der Waals surface area contributed by atoms with Gasteiger partial charge in [0.05, 0.1) is 35.5 Å². The molecule has 2 heterocycles. The monoisotopic (exact) mass is 514 g/mol. The van der Waals surface area contributed by atoms with Gasteiger partial charge in [-0.3, -0.25) is 14.5 Å². The van der Waals surface area contributed by atoms with Crippen molar-refractivity contribution < 1.29 is 24.2 Å². The fourth-order valence-corrected chi connectivity index (χ4v) is 5.81. The molecule has 37 heavy (non-hydrogen) atoms. The van der Waals surface area contributed by atoms with E-state index in [1.54, 1.807) is 48.5 Å². The summed E-state index contributed by atoms with van der Waals surface area (Å²) in [5.41, 5.74) is 3.88. The van der Waals surface area contributed by atoms with Crippen molar-refractivity contribution in [3.05, 3.63) is 88.5 Å². The largest absolute Gasteiger partial charge is 0.507 e. The Morgan fingerprint density at radius 1 is 1.05 bits per heavy atom. The van der Waals surface area contributed by atoms with Crippen LogP contribution in [0.25, 0.3) is 16.0 Å². The van der Waals surface area contributed by atoms with Gasteiger partial charge in [0, 0.05) is 5.56 Å². The molecular formula is C29H26N2O5S. The number of ether oxygens (including phenoxy) is 2. The van der Waals surface area contributed by atoms with Crippen LogP contribution in [0.15, 0.2) is 66.2 Å². The quantitative estimate of drug-likeness (QED) is 0.194. The molecule has 1 N–H and O–H groups in total. The van der Waals surface area contributed by atoms with Gasteiger partial charge >= 0.3 is 5.91 Å². The number of thiazole rings is 1. The van der Waals surface area contributed by atoms with E-state index in [1.165, 1.54) is 23.3 Å². The molecule has 0 saturated carbocycles. The van der Waals surface area contributed by atoms with Crippen LogP contribution < -0.4 is 14.4 Å². The van der Waals surface area contributed by atoms with E-state index in [-0.39, 0.29) is 11.3 Å².